The van der Waals surface area contributed by atoms with Gasteiger partial charge in [-0.3, -0.25) is 10.1 Å². The van der Waals surface area contributed by atoms with Crippen LogP contribution in [0.2, 0.25) is 0 Å². The van der Waals surface area contributed by atoms with E-state index >= 15 is 0 Å². The van der Waals surface area contributed by atoms with Gasteiger partial charge < -0.3 is 15.7 Å². The van der Waals surface area contributed by atoms with Gasteiger partial charge in [-0.25, -0.2) is 0 Å². The number of anilines is 1. The predicted octanol–water partition coefficient (Wildman–Crippen LogP) is 0.220. The molecule has 18 heavy (non-hydrogen) atoms. The van der Waals surface area contributed by atoms with Crippen molar-refractivity contribution in [2.24, 2.45) is 18.7 Å². The van der Waals surface area contributed by atoms with E-state index in [-0.39, 0.29) is 18.5 Å². The minimum atomic E-state index is 0.0341. The maximum absolute atomic E-state index is 9.54. The molecule has 2 rings (SSSR count). The number of aryl methyl sites for hydroxylation is 2. The third kappa shape index (κ3) is 1.86. The van der Waals surface area contributed by atoms with Crippen molar-refractivity contribution in [3.63, 3.8) is 0 Å². The average molecular weight is 251 g/mol. The number of hydrogen-bond acceptors (Lipinski definition) is 4. The summed E-state index contributed by atoms with van der Waals surface area (Å²) in [4.78, 5) is 2.13. The number of nitrogens with zero attached hydrogens (tertiary/aromatic N) is 3. The molecule has 2 unspecified atom stereocenters. The molecule has 0 radical (unpaired) electrons. The largest absolute Gasteiger partial charge is 0.394 e. The van der Waals surface area contributed by atoms with Gasteiger partial charge >= 0.3 is 0 Å². The molecule has 0 aromatic carbocycles. The van der Waals surface area contributed by atoms with Gasteiger partial charge in [0, 0.05) is 13.6 Å². The molecule has 4 N–H and O–H groups in total. The Labute approximate surface area is 107 Å². The number of nitrogens with one attached hydrogen (secondary N) is 1. The van der Waals surface area contributed by atoms with Crippen molar-refractivity contribution in [1.82, 2.24) is 9.78 Å². The molecule has 0 bridgehead atoms. The Morgan fingerprint density at radius 2 is 2.28 bits per heavy atom. The number of aliphatic hydroxyl groups excluding tert-OH is 1. The maximum atomic E-state index is 9.54. The fourth-order valence-corrected chi connectivity index (χ4v) is 2.84. The maximum Gasteiger partial charge on any atom is 0.138 e. The van der Waals surface area contributed by atoms with Crippen LogP contribution in [0.25, 0.3) is 0 Å². The molecule has 1 saturated heterocycles. The summed E-state index contributed by atoms with van der Waals surface area (Å²) in [6.45, 7) is 4.97. The van der Waals surface area contributed by atoms with Crippen molar-refractivity contribution in [2.45, 2.75) is 26.3 Å². The molecular formula is C12H21N5O. The third-order valence-electron chi connectivity index (χ3n) is 3.80. The smallest absolute Gasteiger partial charge is 0.138 e. The monoisotopic (exact) mass is 251 g/mol. The van der Waals surface area contributed by atoms with Crippen LogP contribution in [-0.2, 0) is 7.05 Å². The number of amidine groups is 1. The van der Waals surface area contributed by atoms with E-state index < -0.39 is 0 Å². The number of aromatic nitrogens is 2. The standard InChI is InChI=1S/C12H21N5O/c1-7-4-5-17(9(7)6-18)12-10(11(13)14)8(2)15-16(12)3/h7,9,18H,4-6H2,1-3H3,(H3,13,14). The minimum Gasteiger partial charge on any atom is -0.394 e. The van der Waals surface area contributed by atoms with Gasteiger partial charge in [0.25, 0.3) is 0 Å². The van der Waals surface area contributed by atoms with Gasteiger partial charge in [0.1, 0.15) is 11.7 Å². The zero-order valence-electron chi connectivity index (χ0n) is 11.1. The van der Waals surface area contributed by atoms with Crippen molar-refractivity contribution in [2.75, 3.05) is 18.1 Å². The highest BCUT2D eigenvalue weighted by atomic mass is 16.3. The molecule has 100 valence electrons. The molecule has 0 amide bonds. The second-order valence-electron chi connectivity index (χ2n) is 5.03. The molecule has 2 heterocycles. The van der Waals surface area contributed by atoms with Crippen molar-refractivity contribution in [3.8, 4) is 0 Å². The molecule has 6 heteroatoms. The van der Waals surface area contributed by atoms with Gasteiger partial charge in [-0.2, -0.15) is 5.10 Å². The van der Waals surface area contributed by atoms with Crippen molar-refractivity contribution in [1.29, 1.82) is 5.41 Å². The summed E-state index contributed by atoms with van der Waals surface area (Å²) >= 11 is 0. The van der Waals surface area contributed by atoms with E-state index in [0.717, 1.165) is 24.5 Å². The van der Waals surface area contributed by atoms with Crippen molar-refractivity contribution < 1.29 is 5.11 Å². The van der Waals surface area contributed by atoms with Gasteiger partial charge in [-0.15, -0.1) is 0 Å². The lowest BCUT2D eigenvalue weighted by atomic mass is 10.0. The van der Waals surface area contributed by atoms with Gasteiger partial charge in [0.15, 0.2) is 0 Å². The molecular weight excluding hydrogens is 230 g/mol. The highest BCUT2D eigenvalue weighted by molar-refractivity contribution is 6.01. The molecule has 2 atom stereocenters. The van der Waals surface area contributed by atoms with Crippen LogP contribution in [0.4, 0.5) is 5.82 Å². The fourth-order valence-electron chi connectivity index (χ4n) is 2.84. The summed E-state index contributed by atoms with van der Waals surface area (Å²) in [6, 6.07) is 0.0814. The van der Waals surface area contributed by atoms with E-state index in [1.165, 1.54) is 0 Å². The zero-order valence-corrected chi connectivity index (χ0v) is 11.1. The van der Waals surface area contributed by atoms with E-state index in [1.807, 2.05) is 14.0 Å². The van der Waals surface area contributed by atoms with Crippen LogP contribution in [0, 0.1) is 18.3 Å². The third-order valence-corrected chi connectivity index (χ3v) is 3.80. The Hall–Kier alpha value is -1.56. The van der Waals surface area contributed by atoms with E-state index in [1.54, 1.807) is 4.68 Å². The molecule has 1 aliphatic heterocycles. The molecule has 0 aliphatic carbocycles. The van der Waals surface area contributed by atoms with Crippen LogP contribution in [0.5, 0.6) is 0 Å². The first-order valence-electron chi connectivity index (χ1n) is 6.22. The topological polar surface area (TPSA) is 91.2 Å². The number of rotatable bonds is 3. The summed E-state index contributed by atoms with van der Waals surface area (Å²) in [5.74, 6) is 1.32. The lowest BCUT2D eigenvalue weighted by Crippen LogP contribution is -2.37. The van der Waals surface area contributed by atoms with Gasteiger partial charge in [0.05, 0.1) is 23.9 Å². The van der Waals surface area contributed by atoms with Crippen LogP contribution >= 0.6 is 0 Å². The second kappa shape index (κ2) is 4.61. The van der Waals surface area contributed by atoms with Crippen LogP contribution in [0.1, 0.15) is 24.6 Å². The molecule has 6 nitrogen and oxygen atoms in total. The van der Waals surface area contributed by atoms with Crippen molar-refractivity contribution >= 4 is 11.7 Å². The summed E-state index contributed by atoms with van der Waals surface area (Å²) in [6.07, 6.45) is 1.03. The Kier molecular flexibility index (Phi) is 3.30. The van der Waals surface area contributed by atoms with E-state index in [0.29, 0.717) is 11.5 Å². The van der Waals surface area contributed by atoms with Gasteiger partial charge in [-0.1, -0.05) is 6.92 Å². The quantitative estimate of drug-likeness (QED) is 0.529. The minimum absolute atomic E-state index is 0.0341. The Bertz CT molecular complexity index is 467. The normalized spacial score (nSPS) is 23.7. The van der Waals surface area contributed by atoms with E-state index in [2.05, 4.69) is 16.9 Å². The lowest BCUT2D eigenvalue weighted by Gasteiger charge is -2.28. The molecule has 0 saturated carbocycles. The Balaban J connectivity index is 2.48. The molecule has 1 aliphatic rings. The van der Waals surface area contributed by atoms with Crippen LogP contribution < -0.4 is 10.6 Å². The number of hydrogen-bond donors (Lipinski definition) is 3. The first-order valence-corrected chi connectivity index (χ1v) is 6.22. The molecule has 1 aromatic heterocycles. The first-order chi connectivity index (χ1) is 8.47. The van der Waals surface area contributed by atoms with Crippen LogP contribution in [-0.4, -0.2) is 39.9 Å². The van der Waals surface area contributed by atoms with Crippen LogP contribution in [0.15, 0.2) is 0 Å². The summed E-state index contributed by atoms with van der Waals surface area (Å²) in [5.41, 5.74) is 7.10. The lowest BCUT2D eigenvalue weighted by molar-refractivity contribution is 0.244. The average Bonchev–Trinajstić information content (AvgIpc) is 2.78. The molecule has 1 aromatic rings. The Morgan fingerprint density at radius 1 is 1.61 bits per heavy atom. The predicted molar refractivity (Wildman–Crippen MR) is 71.0 cm³/mol. The van der Waals surface area contributed by atoms with E-state index in [9.17, 15) is 5.11 Å². The van der Waals surface area contributed by atoms with Gasteiger partial charge in [-0.05, 0) is 19.3 Å². The van der Waals surface area contributed by atoms with Crippen LogP contribution in [0.3, 0.4) is 0 Å². The van der Waals surface area contributed by atoms with Crippen molar-refractivity contribution in [3.05, 3.63) is 11.3 Å². The zero-order chi connectivity index (χ0) is 13.4. The molecule has 1 fully saturated rings. The molecule has 0 spiro atoms. The van der Waals surface area contributed by atoms with E-state index in [4.69, 9.17) is 11.1 Å². The summed E-state index contributed by atoms with van der Waals surface area (Å²) < 4.78 is 1.76. The van der Waals surface area contributed by atoms with Gasteiger partial charge in [0.2, 0.25) is 0 Å². The summed E-state index contributed by atoms with van der Waals surface area (Å²) in [5, 5.41) is 21.6. The highest BCUT2D eigenvalue weighted by Crippen LogP contribution is 2.32. The number of nitrogen functional groups attached to an aromatic ring is 1. The Morgan fingerprint density at radius 3 is 2.83 bits per heavy atom. The number of aliphatic hydroxyl groups is 1. The highest BCUT2D eigenvalue weighted by Gasteiger charge is 2.34. The number of nitrogens with two attached hydrogens (primary N) is 1. The second-order valence-corrected chi connectivity index (χ2v) is 5.03. The first kappa shape index (κ1) is 12.9. The SMILES string of the molecule is Cc1nn(C)c(N2CCC(C)C2CO)c1C(=N)N. The fraction of sp³-hybridized carbons (Fsp3) is 0.667. The summed E-state index contributed by atoms with van der Waals surface area (Å²) in [7, 11) is 1.85.